The molecule has 6 heteroatoms. The number of hydrogen-bond acceptors (Lipinski definition) is 4. The van der Waals surface area contributed by atoms with Crippen LogP contribution in [0.5, 0.6) is 5.75 Å². The number of amides is 2. The molecule has 0 heterocycles. The minimum atomic E-state index is -0.425. The zero-order chi connectivity index (χ0) is 17.2. The molecule has 0 bridgehead atoms. The van der Waals surface area contributed by atoms with Crippen LogP contribution in [0.4, 0.5) is 0 Å². The Hall–Kier alpha value is -2.08. The summed E-state index contributed by atoms with van der Waals surface area (Å²) >= 11 is 0. The quantitative estimate of drug-likeness (QED) is 0.642. The van der Waals surface area contributed by atoms with Crippen molar-refractivity contribution in [3.05, 3.63) is 29.8 Å². The normalized spacial score (nSPS) is 13.0. The highest BCUT2D eigenvalue weighted by Crippen LogP contribution is 2.27. The van der Waals surface area contributed by atoms with Crippen molar-refractivity contribution in [2.45, 2.75) is 45.7 Å². The van der Waals surface area contributed by atoms with Crippen LogP contribution in [-0.2, 0) is 9.59 Å². The van der Waals surface area contributed by atoms with E-state index in [1.165, 1.54) is 6.92 Å². The van der Waals surface area contributed by atoms with Gasteiger partial charge >= 0.3 is 0 Å². The number of carbonyl (C=O) groups is 2. The highest BCUT2D eigenvalue weighted by molar-refractivity contribution is 5.79. The Bertz CT molecular complexity index is 518. The molecule has 0 fully saturated rings. The molecule has 0 saturated carbocycles. The van der Waals surface area contributed by atoms with Gasteiger partial charge in [-0.2, -0.15) is 0 Å². The first kappa shape index (κ1) is 19.0. The topological polar surface area (TPSA) is 93.4 Å². The molecular weight excluding hydrogens is 294 g/mol. The molecule has 23 heavy (non-hydrogen) atoms. The summed E-state index contributed by atoms with van der Waals surface area (Å²) in [5, 5.41) is 5.65. The predicted molar refractivity (Wildman–Crippen MR) is 90.1 cm³/mol. The summed E-state index contributed by atoms with van der Waals surface area (Å²) in [4.78, 5) is 23.6. The minimum absolute atomic E-state index is 0.0418. The monoisotopic (exact) mass is 321 g/mol. The number of para-hydroxylation sites is 1. The third kappa shape index (κ3) is 7.15. The second kappa shape index (κ2) is 9.84. The van der Waals surface area contributed by atoms with Crippen molar-refractivity contribution in [2.24, 2.45) is 5.73 Å². The van der Waals surface area contributed by atoms with Gasteiger partial charge in [0.05, 0.1) is 19.1 Å². The van der Waals surface area contributed by atoms with Gasteiger partial charge in [-0.3, -0.25) is 9.59 Å². The first-order valence-corrected chi connectivity index (χ1v) is 7.95. The lowest BCUT2D eigenvalue weighted by molar-refractivity contribution is -0.122. The fraction of sp³-hybridized carbons (Fsp3) is 0.529. The van der Waals surface area contributed by atoms with Crippen molar-refractivity contribution in [3.8, 4) is 5.75 Å². The van der Waals surface area contributed by atoms with Crippen LogP contribution in [0.15, 0.2) is 24.3 Å². The lowest BCUT2D eigenvalue weighted by Gasteiger charge is -2.21. The first-order valence-electron chi connectivity index (χ1n) is 7.95. The summed E-state index contributed by atoms with van der Waals surface area (Å²) in [7, 11) is 0. The average molecular weight is 321 g/mol. The number of ether oxygens (including phenoxy) is 1. The number of hydrogen-bond donors (Lipinski definition) is 3. The van der Waals surface area contributed by atoms with E-state index in [0.717, 1.165) is 5.56 Å². The zero-order valence-corrected chi connectivity index (χ0v) is 14.1. The third-order valence-corrected chi connectivity index (χ3v) is 3.28. The lowest BCUT2D eigenvalue weighted by atomic mass is 10.0. The summed E-state index contributed by atoms with van der Waals surface area (Å²) in [5.74, 6) is 0.359. The highest BCUT2D eigenvalue weighted by atomic mass is 16.5. The van der Waals surface area contributed by atoms with E-state index in [2.05, 4.69) is 10.6 Å². The summed E-state index contributed by atoms with van der Waals surface area (Å²) in [6, 6.07) is 7.04. The summed E-state index contributed by atoms with van der Waals surface area (Å²) < 4.78 is 5.59. The molecule has 6 nitrogen and oxygen atoms in total. The SMILES string of the molecule is CCOc1ccccc1C(CC(=O)NCCC(C)N)NC(C)=O. The molecule has 0 aliphatic heterocycles. The molecule has 1 aromatic rings. The zero-order valence-electron chi connectivity index (χ0n) is 14.1. The van der Waals surface area contributed by atoms with Gasteiger partial charge in [-0.05, 0) is 26.3 Å². The van der Waals surface area contributed by atoms with Gasteiger partial charge in [-0.1, -0.05) is 18.2 Å². The maximum atomic E-state index is 12.1. The molecule has 0 aliphatic rings. The van der Waals surface area contributed by atoms with Gasteiger partial charge in [0.25, 0.3) is 0 Å². The van der Waals surface area contributed by atoms with E-state index < -0.39 is 6.04 Å². The number of carbonyl (C=O) groups excluding carboxylic acids is 2. The first-order chi connectivity index (χ1) is 10.9. The molecule has 2 unspecified atom stereocenters. The molecule has 2 atom stereocenters. The molecule has 0 aromatic heterocycles. The van der Waals surface area contributed by atoms with Gasteiger partial charge in [0, 0.05) is 25.1 Å². The van der Waals surface area contributed by atoms with Gasteiger partial charge in [0.1, 0.15) is 5.75 Å². The number of nitrogens with two attached hydrogens (primary N) is 1. The van der Waals surface area contributed by atoms with Crippen LogP contribution in [0, 0.1) is 0 Å². The summed E-state index contributed by atoms with van der Waals surface area (Å²) in [6.07, 6.45) is 0.870. The summed E-state index contributed by atoms with van der Waals surface area (Å²) in [5.41, 5.74) is 6.46. The van der Waals surface area contributed by atoms with Crippen LogP contribution in [0.2, 0.25) is 0 Å². The van der Waals surface area contributed by atoms with Crippen molar-refractivity contribution in [2.75, 3.05) is 13.2 Å². The van der Waals surface area contributed by atoms with Crippen molar-refractivity contribution in [3.63, 3.8) is 0 Å². The van der Waals surface area contributed by atoms with E-state index in [1.807, 2.05) is 38.1 Å². The van der Waals surface area contributed by atoms with Crippen LogP contribution >= 0.6 is 0 Å². The van der Waals surface area contributed by atoms with Crippen molar-refractivity contribution < 1.29 is 14.3 Å². The Balaban J connectivity index is 2.80. The molecule has 2 amide bonds. The highest BCUT2D eigenvalue weighted by Gasteiger charge is 2.20. The second-order valence-electron chi connectivity index (χ2n) is 5.54. The van der Waals surface area contributed by atoms with E-state index in [1.54, 1.807) is 0 Å². The molecular formula is C17H27N3O3. The third-order valence-electron chi connectivity index (χ3n) is 3.28. The van der Waals surface area contributed by atoms with Crippen molar-refractivity contribution in [1.29, 1.82) is 0 Å². The Morgan fingerprint density at radius 2 is 2.00 bits per heavy atom. The summed E-state index contributed by atoms with van der Waals surface area (Å²) in [6.45, 7) is 6.26. The van der Waals surface area contributed by atoms with E-state index >= 15 is 0 Å². The molecule has 0 aliphatic carbocycles. The van der Waals surface area contributed by atoms with Gasteiger partial charge in [0.15, 0.2) is 0 Å². The lowest BCUT2D eigenvalue weighted by Crippen LogP contribution is -2.34. The van der Waals surface area contributed by atoms with Gasteiger partial charge in [-0.25, -0.2) is 0 Å². The smallest absolute Gasteiger partial charge is 0.222 e. The number of nitrogens with one attached hydrogen (secondary N) is 2. The van der Waals surface area contributed by atoms with E-state index in [9.17, 15) is 9.59 Å². The Morgan fingerprint density at radius 3 is 2.61 bits per heavy atom. The number of benzene rings is 1. The van der Waals surface area contributed by atoms with Crippen LogP contribution in [0.1, 0.15) is 45.2 Å². The Kier molecular flexibility index (Phi) is 8.11. The van der Waals surface area contributed by atoms with Crippen LogP contribution in [-0.4, -0.2) is 31.0 Å². The predicted octanol–water partition coefficient (Wildman–Crippen LogP) is 1.51. The van der Waals surface area contributed by atoms with Crippen LogP contribution < -0.4 is 21.1 Å². The van der Waals surface area contributed by atoms with E-state index in [0.29, 0.717) is 25.3 Å². The van der Waals surface area contributed by atoms with Crippen molar-refractivity contribution in [1.82, 2.24) is 10.6 Å². The Morgan fingerprint density at radius 1 is 1.30 bits per heavy atom. The van der Waals surface area contributed by atoms with Gasteiger partial charge in [-0.15, -0.1) is 0 Å². The van der Waals surface area contributed by atoms with E-state index in [4.69, 9.17) is 10.5 Å². The fourth-order valence-corrected chi connectivity index (χ4v) is 2.24. The van der Waals surface area contributed by atoms with Crippen LogP contribution in [0.3, 0.4) is 0 Å². The Labute approximate surface area is 137 Å². The molecule has 0 radical (unpaired) electrons. The maximum absolute atomic E-state index is 12.1. The standard InChI is InChI=1S/C17H27N3O3/c1-4-23-16-8-6-5-7-14(16)15(20-13(3)21)11-17(22)19-10-9-12(2)18/h5-8,12,15H,4,9-11,18H2,1-3H3,(H,19,22)(H,20,21). The second-order valence-corrected chi connectivity index (χ2v) is 5.54. The van der Waals surface area contributed by atoms with Gasteiger partial charge < -0.3 is 21.1 Å². The molecule has 128 valence electrons. The number of rotatable bonds is 9. The van der Waals surface area contributed by atoms with Gasteiger partial charge in [0.2, 0.25) is 11.8 Å². The molecule has 1 rings (SSSR count). The van der Waals surface area contributed by atoms with Crippen LogP contribution in [0.25, 0.3) is 0 Å². The molecule has 0 spiro atoms. The van der Waals surface area contributed by atoms with E-state index in [-0.39, 0.29) is 24.3 Å². The minimum Gasteiger partial charge on any atom is -0.494 e. The maximum Gasteiger partial charge on any atom is 0.222 e. The van der Waals surface area contributed by atoms with Crippen molar-refractivity contribution >= 4 is 11.8 Å². The fourth-order valence-electron chi connectivity index (χ4n) is 2.24. The molecule has 4 N–H and O–H groups in total. The molecule has 1 aromatic carbocycles. The largest absolute Gasteiger partial charge is 0.494 e. The average Bonchev–Trinajstić information content (AvgIpc) is 2.46. The molecule has 0 saturated heterocycles.